The molecule has 2 atom stereocenters. The fourth-order valence-corrected chi connectivity index (χ4v) is 5.06. The molecular weight excluding hydrogens is 460 g/mol. The number of likely N-dealkylation sites (tertiary alicyclic amines) is 1. The van der Waals surface area contributed by atoms with E-state index >= 15 is 0 Å². The van der Waals surface area contributed by atoms with Crippen LogP contribution in [0.5, 0.6) is 0 Å². The average Bonchev–Trinajstić information content (AvgIpc) is 3.12. The lowest BCUT2D eigenvalue weighted by Gasteiger charge is -2.23. The van der Waals surface area contributed by atoms with Crippen LogP contribution in [-0.2, 0) is 25.7 Å². The largest absolute Gasteiger partial charge is 0.445 e. The Morgan fingerprint density at radius 3 is 2.56 bits per heavy atom. The molecule has 0 radical (unpaired) electrons. The molecule has 0 saturated carbocycles. The number of thioether (sulfide) groups is 2. The highest BCUT2D eigenvalue weighted by Crippen LogP contribution is 2.30. The molecule has 3 N–H and O–H groups in total. The molecule has 1 fully saturated rings. The Balaban J connectivity index is 1.91. The van der Waals surface area contributed by atoms with Crippen molar-refractivity contribution in [1.29, 1.82) is 0 Å². The first-order valence-corrected chi connectivity index (χ1v) is 11.7. The number of carbonyl (C=O) groups excluding carboxylic acids is 4. The van der Waals surface area contributed by atoms with Crippen molar-refractivity contribution in [3.8, 4) is 0 Å². The first-order valence-electron chi connectivity index (χ1n) is 9.62. The van der Waals surface area contributed by atoms with Crippen molar-refractivity contribution in [3.05, 3.63) is 39.9 Å². The molecule has 13 heteroatoms. The smallest absolute Gasteiger partial charge is 0.410 e. The number of benzene rings is 1. The number of nitrogens with one attached hydrogen (secondary N) is 1. The monoisotopic (exact) mass is 484 g/mol. The van der Waals surface area contributed by atoms with Gasteiger partial charge in [0, 0.05) is 42.6 Å². The number of hydrogen-bond donors (Lipinski definition) is 2. The summed E-state index contributed by atoms with van der Waals surface area (Å²) in [5, 5.41) is 13.0. The van der Waals surface area contributed by atoms with Gasteiger partial charge in [0.05, 0.1) is 17.2 Å². The van der Waals surface area contributed by atoms with Gasteiger partial charge in [0.25, 0.3) is 5.69 Å². The second kappa shape index (κ2) is 12.3. The van der Waals surface area contributed by atoms with Gasteiger partial charge in [-0.3, -0.25) is 24.5 Å². The van der Waals surface area contributed by atoms with Crippen molar-refractivity contribution < 1.29 is 28.8 Å². The van der Waals surface area contributed by atoms with Gasteiger partial charge in [-0.25, -0.2) is 4.79 Å². The zero-order chi connectivity index (χ0) is 23.7. The molecule has 2 unspecified atom stereocenters. The number of carbonyl (C=O) groups is 4. The molecule has 0 bridgehead atoms. The third-order valence-electron chi connectivity index (χ3n) is 4.46. The number of non-ortho nitro benzene ring substituents is 1. The van der Waals surface area contributed by atoms with E-state index in [1.807, 2.05) is 0 Å². The van der Waals surface area contributed by atoms with Gasteiger partial charge in [0.2, 0.25) is 11.8 Å². The number of primary amides is 1. The minimum Gasteiger partial charge on any atom is -0.445 e. The molecule has 0 spiro atoms. The minimum absolute atomic E-state index is 0.0478. The van der Waals surface area contributed by atoms with Gasteiger partial charge in [-0.1, -0.05) is 11.8 Å². The first-order chi connectivity index (χ1) is 15.2. The predicted octanol–water partition coefficient (Wildman–Crippen LogP) is 1.29. The van der Waals surface area contributed by atoms with E-state index in [1.54, 1.807) is 4.90 Å². The summed E-state index contributed by atoms with van der Waals surface area (Å²) in [5.74, 6) is -0.426. The van der Waals surface area contributed by atoms with E-state index in [0.717, 1.165) is 11.8 Å². The molecule has 1 aromatic carbocycles. The first kappa shape index (κ1) is 25.5. The molecule has 1 aliphatic rings. The molecule has 11 nitrogen and oxygen atoms in total. The molecule has 1 aliphatic heterocycles. The van der Waals surface area contributed by atoms with Crippen LogP contribution < -0.4 is 11.1 Å². The Bertz CT molecular complexity index is 866. The molecule has 1 saturated heterocycles. The SMILES string of the molecule is CC(=O)SC1CC(CSCC(=O)NCC(N)=O)N(C(=O)OCc2ccc([N+](=O)[O-])cc2)C1. The lowest BCUT2D eigenvalue weighted by molar-refractivity contribution is -0.384. The Morgan fingerprint density at radius 2 is 1.97 bits per heavy atom. The van der Waals surface area contributed by atoms with Crippen molar-refractivity contribution in [2.75, 3.05) is 24.6 Å². The van der Waals surface area contributed by atoms with Crippen LogP contribution in [0.1, 0.15) is 18.9 Å². The molecule has 32 heavy (non-hydrogen) atoms. The van der Waals surface area contributed by atoms with Gasteiger partial charge in [0.15, 0.2) is 5.12 Å². The molecule has 1 aromatic rings. The van der Waals surface area contributed by atoms with Crippen molar-refractivity contribution in [2.45, 2.75) is 31.2 Å². The third kappa shape index (κ3) is 8.38. The van der Waals surface area contributed by atoms with E-state index in [0.29, 0.717) is 24.3 Å². The zero-order valence-corrected chi connectivity index (χ0v) is 19.0. The maximum Gasteiger partial charge on any atom is 0.410 e. The molecule has 1 heterocycles. The molecule has 3 amide bonds. The Kier molecular flexibility index (Phi) is 9.78. The summed E-state index contributed by atoms with van der Waals surface area (Å²) < 4.78 is 5.37. The number of nitro benzene ring substituents is 1. The standard InChI is InChI=1S/C19H24N4O7S2/c1-12(24)32-16-6-15(10-31-11-18(26)21-7-17(20)25)22(8-16)19(27)30-9-13-2-4-14(5-3-13)23(28)29/h2-5,15-16H,6-11H2,1H3,(H2,20,25)(H,21,26). The van der Waals surface area contributed by atoms with Gasteiger partial charge >= 0.3 is 6.09 Å². The van der Waals surface area contributed by atoms with Crippen molar-refractivity contribution in [1.82, 2.24) is 10.2 Å². The van der Waals surface area contributed by atoms with Crippen LogP contribution in [0, 0.1) is 10.1 Å². The highest BCUT2D eigenvalue weighted by molar-refractivity contribution is 8.14. The summed E-state index contributed by atoms with van der Waals surface area (Å²) in [6, 6.07) is 5.47. The molecule has 0 aliphatic carbocycles. The number of rotatable bonds is 10. The summed E-state index contributed by atoms with van der Waals surface area (Å²) >= 11 is 2.46. The van der Waals surface area contributed by atoms with Gasteiger partial charge in [-0.15, -0.1) is 11.8 Å². The van der Waals surface area contributed by atoms with E-state index in [4.69, 9.17) is 10.5 Å². The highest BCUT2D eigenvalue weighted by atomic mass is 32.2. The number of nitrogens with zero attached hydrogens (tertiary/aromatic N) is 2. The second-order valence-electron chi connectivity index (χ2n) is 7.01. The fraction of sp³-hybridized carbons (Fsp3) is 0.474. The fourth-order valence-electron chi connectivity index (χ4n) is 3.04. The van der Waals surface area contributed by atoms with Crippen LogP contribution in [0.2, 0.25) is 0 Å². The predicted molar refractivity (Wildman–Crippen MR) is 120 cm³/mol. The van der Waals surface area contributed by atoms with Crippen molar-refractivity contribution in [3.63, 3.8) is 0 Å². The van der Waals surface area contributed by atoms with Crippen molar-refractivity contribution in [2.24, 2.45) is 5.73 Å². The number of nitrogens with two attached hydrogens (primary N) is 1. The lowest BCUT2D eigenvalue weighted by atomic mass is 10.2. The van der Waals surface area contributed by atoms with Crippen LogP contribution in [0.4, 0.5) is 10.5 Å². The summed E-state index contributed by atoms with van der Waals surface area (Å²) in [4.78, 5) is 58.4. The minimum atomic E-state index is -0.634. The lowest BCUT2D eigenvalue weighted by Crippen LogP contribution is -2.38. The van der Waals surface area contributed by atoms with Gasteiger partial charge in [0.1, 0.15) is 6.61 Å². The third-order valence-corrected chi connectivity index (χ3v) is 6.55. The maximum atomic E-state index is 12.7. The Morgan fingerprint density at radius 1 is 1.28 bits per heavy atom. The quantitative estimate of drug-likeness (QED) is 0.368. The Hall–Kier alpha value is -2.80. The van der Waals surface area contributed by atoms with E-state index in [1.165, 1.54) is 43.0 Å². The number of nitro groups is 1. The average molecular weight is 485 g/mol. The number of ether oxygens (including phenoxy) is 1. The molecule has 174 valence electrons. The van der Waals surface area contributed by atoms with Crippen LogP contribution in [-0.4, -0.2) is 68.7 Å². The zero-order valence-electron chi connectivity index (χ0n) is 17.4. The van der Waals surface area contributed by atoms with Crippen LogP contribution in [0.15, 0.2) is 24.3 Å². The second-order valence-corrected chi connectivity index (χ2v) is 9.52. The van der Waals surface area contributed by atoms with Crippen LogP contribution >= 0.6 is 23.5 Å². The van der Waals surface area contributed by atoms with E-state index in [9.17, 15) is 29.3 Å². The topological polar surface area (TPSA) is 162 Å². The molecular formula is C19H24N4O7S2. The van der Waals surface area contributed by atoms with E-state index < -0.39 is 16.9 Å². The molecule has 0 aromatic heterocycles. The van der Waals surface area contributed by atoms with Gasteiger partial charge in [-0.2, -0.15) is 0 Å². The number of hydrogen-bond acceptors (Lipinski definition) is 9. The summed E-state index contributed by atoms with van der Waals surface area (Å²) in [7, 11) is 0. The van der Waals surface area contributed by atoms with Crippen molar-refractivity contribution >= 4 is 52.2 Å². The number of amides is 3. The molecule has 2 rings (SSSR count). The van der Waals surface area contributed by atoms with E-state index in [-0.39, 0.29) is 46.9 Å². The normalized spacial score (nSPS) is 17.6. The summed E-state index contributed by atoms with van der Waals surface area (Å²) in [6.07, 6.45) is 0.0195. The Labute approximate surface area is 192 Å². The van der Waals surface area contributed by atoms with Gasteiger partial charge in [-0.05, 0) is 24.1 Å². The van der Waals surface area contributed by atoms with Crippen LogP contribution in [0.3, 0.4) is 0 Å². The maximum absolute atomic E-state index is 12.7. The van der Waals surface area contributed by atoms with E-state index in [2.05, 4.69) is 5.32 Å². The summed E-state index contributed by atoms with van der Waals surface area (Å²) in [6.45, 7) is 1.52. The van der Waals surface area contributed by atoms with Crippen LogP contribution in [0.25, 0.3) is 0 Å². The summed E-state index contributed by atoms with van der Waals surface area (Å²) in [5.41, 5.74) is 5.54. The highest BCUT2D eigenvalue weighted by Gasteiger charge is 2.37. The van der Waals surface area contributed by atoms with Gasteiger partial charge < -0.3 is 20.7 Å².